The van der Waals surface area contributed by atoms with Gasteiger partial charge in [-0.1, -0.05) is 6.07 Å². The molecule has 6 nitrogen and oxygen atoms in total. The molecule has 0 radical (unpaired) electrons. The molecular weight excluding hydrogens is 350 g/mol. The Bertz CT molecular complexity index is 1270. The van der Waals surface area contributed by atoms with Crippen molar-refractivity contribution in [1.82, 2.24) is 29.5 Å². The number of halogens is 2. The highest BCUT2D eigenvalue weighted by Gasteiger charge is 2.16. The monoisotopic (exact) mass is 362 g/mol. The molecule has 0 aliphatic carbocycles. The molecule has 0 unspecified atom stereocenters. The first-order valence-electron chi connectivity index (χ1n) is 8.23. The molecule has 0 atom stereocenters. The Balaban J connectivity index is 1.76. The van der Waals surface area contributed by atoms with Crippen molar-refractivity contribution in [1.29, 1.82) is 0 Å². The van der Waals surface area contributed by atoms with Crippen LogP contribution in [0.3, 0.4) is 0 Å². The molecule has 5 aromatic heterocycles. The minimum absolute atomic E-state index is 0.276. The van der Waals surface area contributed by atoms with Gasteiger partial charge in [0.1, 0.15) is 17.0 Å². The molecule has 0 aliphatic rings. The molecule has 27 heavy (non-hydrogen) atoms. The third kappa shape index (κ3) is 2.53. The van der Waals surface area contributed by atoms with E-state index in [2.05, 4.69) is 24.9 Å². The minimum atomic E-state index is -2.65. The number of hydrogen-bond donors (Lipinski definition) is 1. The van der Waals surface area contributed by atoms with Crippen molar-refractivity contribution < 1.29 is 8.78 Å². The van der Waals surface area contributed by atoms with Crippen molar-refractivity contribution in [2.24, 2.45) is 0 Å². The van der Waals surface area contributed by atoms with Crippen molar-refractivity contribution in [2.75, 3.05) is 0 Å². The second-order valence-corrected chi connectivity index (χ2v) is 5.98. The third-order valence-electron chi connectivity index (χ3n) is 4.34. The highest BCUT2D eigenvalue weighted by atomic mass is 19.3. The van der Waals surface area contributed by atoms with Crippen LogP contribution in [0.4, 0.5) is 8.78 Å². The zero-order valence-corrected chi connectivity index (χ0v) is 13.8. The summed E-state index contributed by atoms with van der Waals surface area (Å²) in [7, 11) is 0. The Morgan fingerprint density at radius 2 is 1.93 bits per heavy atom. The van der Waals surface area contributed by atoms with E-state index in [1.165, 1.54) is 12.1 Å². The normalized spacial score (nSPS) is 11.7. The van der Waals surface area contributed by atoms with Crippen LogP contribution in [-0.2, 0) is 0 Å². The van der Waals surface area contributed by atoms with Crippen LogP contribution in [0.5, 0.6) is 0 Å². The third-order valence-corrected chi connectivity index (χ3v) is 4.34. The van der Waals surface area contributed by atoms with Gasteiger partial charge in [-0.15, -0.1) is 0 Å². The summed E-state index contributed by atoms with van der Waals surface area (Å²) in [6, 6.07) is 10.2. The standard InChI is InChI=1S/C19H12F2N6/c20-16(21)13-2-1-3-14(24-13)18-25-17-12(4-8-23-17)19(26-18)27-9-6-11-10-22-7-5-15(11)27/h1-10,16H,(H,23,25,26). The van der Waals surface area contributed by atoms with Gasteiger partial charge < -0.3 is 9.55 Å². The molecule has 5 aromatic rings. The highest BCUT2D eigenvalue weighted by molar-refractivity contribution is 5.88. The highest BCUT2D eigenvalue weighted by Crippen LogP contribution is 2.27. The van der Waals surface area contributed by atoms with Gasteiger partial charge in [-0.05, 0) is 30.3 Å². The predicted octanol–water partition coefficient (Wildman–Crippen LogP) is 4.30. The van der Waals surface area contributed by atoms with Gasteiger partial charge in [-0.25, -0.2) is 23.7 Å². The Kier molecular flexibility index (Phi) is 3.43. The lowest BCUT2D eigenvalue weighted by atomic mass is 10.2. The van der Waals surface area contributed by atoms with Crippen LogP contribution < -0.4 is 0 Å². The molecular formula is C19H12F2N6. The van der Waals surface area contributed by atoms with E-state index in [4.69, 9.17) is 0 Å². The smallest absolute Gasteiger partial charge is 0.280 e. The number of fused-ring (bicyclic) bond motifs is 2. The summed E-state index contributed by atoms with van der Waals surface area (Å²) in [5.41, 5.74) is 1.53. The molecule has 132 valence electrons. The number of alkyl halides is 2. The van der Waals surface area contributed by atoms with Gasteiger partial charge in [0.05, 0.1) is 10.9 Å². The fourth-order valence-corrected chi connectivity index (χ4v) is 3.09. The molecule has 5 rings (SSSR count). The van der Waals surface area contributed by atoms with Crippen LogP contribution in [0.1, 0.15) is 12.1 Å². The Labute approximate surface area is 151 Å². The lowest BCUT2D eigenvalue weighted by molar-refractivity contribution is 0.146. The van der Waals surface area contributed by atoms with Crippen molar-refractivity contribution in [3.8, 4) is 17.3 Å². The van der Waals surface area contributed by atoms with Gasteiger partial charge in [-0.2, -0.15) is 0 Å². The Hall–Kier alpha value is -3.68. The second kappa shape index (κ2) is 5.94. The zero-order chi connectivity index (χ0) is 18.4. The molecule has 0 aliphatic heterocycles. The molecule has 0 aromatic carbocycles. The average Bonchev–Trinajstić information content (AvgIpc) is 3.34. The van der Waals surface area contributed by atoms with Gasteiger partial charge in [0.25, 0.3) is 6.43 Å². The number of pyridine rings is 2. The summed E-state index contributed by atoms with van der Waals surface area (Å²) >= 11 is 0. The average molecular weight is 362 g/mol. The first-order chi connectivity index (χ1) is 13.2. The topological polar surface area (TPSA) is 72.3 Å². The molecule has 0 saturated heterocycles. The van der Waals surface area contributed by atoms with Crippen molar-refractivity contribution in [3.05, 3.63) is 66.9 Å². The van der Waals surface area contributed by atoms with E-state index in [1.54, 1.807) is 24.7 Å². The van der Waals surface area contributed by atoms with Crippen LogP contribution >= 0.6 is 0 Å². The molecule has 8 heteroatoms. The van der Waals surface area contributed by atoms with Crippen LogP contribution in [0.15, 0.2) is 61.2 Å². The maximum Gasteiger partial charge on any atom is 0.280 e. The number of aromatic amines is 1. The number of rotatable bonds is 3. The van der Waals surface area contributed by atoms with Gasteiger partial charge in [-0.3, -0.25) is 4.98 Å². The molecule has 1 N–H and O–H groups in total. The van der Waals surface area contributed by atoms with Gasteiger partial charge in [0.2, 0.25) is 0 Å². The number of aromatic nitrogens is 6. The molecule has 5 heterocycles. The second-order valence-electron chi connectivity index (χ2n) is 5.98. The van der Waals surface area contributed by atoms with E-state index >= 15 is 0 Å². The first-order valence-corrected chi connectivity index (χ1v) is 8.23. The quantitative estimate of drug-likeness (QED) is 0.519. The van der Waals surface area contributed by atoms with Crippen molar-refractivity contribution in [3.63, 3.8) is 0 Å². The van der Waals surface area contributed by atoms with Crippen LogP contribution in [0.25, 0.3) is 39.3 Å². The van der Waals surface area contributed by atoms with E-state index in [1.807, 2.05) is 29.0 Å². The van der Waals surface area contributed by atoms with E-state index in [-0.39, 0.29) is 11.5 Å². The van der Waals surface area contributed by atoms with Gasteiger partial charge in [0.15, 0.2) is 11.6 Å². The lowest BCUT2D eigenvalue weighted by Gasteiger charge is -2.09. The molecule has 0 bridgehead atoms. The molecule has 0 spiro atoms. The number of nitrogens with one attached hydrogen (secondary N) is 1. The fraction of sp³-hybridized carbons (Fsp3) is 0.0526. The van der Waals surface area contributed by atoms with E-state index in [0.29, 0.717) is 17.2 Å². The van der Waals surface area contributed by atoms with Crippen molar-refractivity contribution in [2.45, 2.75) is 6.43 Å². The molecule has 0 amide bonds. The zero-order valence-electron chi connectivity index (χ0n) is 13.8. The van der Waals surface area contributed by atoms with Crippen LogP contribution in [0, 0.1) is 0 Å². The fourth-order valence-electron chi connectivity index (χ4n) is 3.09. The van der Waals surface area contributed by atoms with Crippen molar-refractivity contribution >= 4 is 21.9 Å². The summed E-state index contributed by atoms with van der Waals surface area (Å²) in [5.74, 6) is 0.917. The maximum absolute atomic E-state index is 13.0. The minimum Gasteiger partial charge on any atom is -0.346 e. The number of H-pyrrole nitrogens is 1. The summed E-state index contributed by atoms with van der Waals surface area (Å²) in [6.45, 7) is 0. The lowest BCUT2D eigenvalue weighted by Crippen LogP contribution is -2.02. The summed E-state index contributed by atoms with van der Waals surface area (Å²) in [5, 5.41) is 1.79. The summed E-state index contributed by atoms with van der Waals surface area (Å²) < 4.78 is 28.0. The summed E-state index contributed by atoms with van der Waals surface area (Å²) in [6.07, 6.45) is 4.50. The Morgan fingerprint density at radius 3 is 2.81 bits per heavy atom. The van der Waals surface area contributed by atoms with Crippen LogP contribution in [0.2, 0.25) is 0 Å². The van der Waals surface area contributed by atoms with Gasteiger partial charge >= 0.3 is 0 Å². The van der Waals surface area contributed by atoms with Crippen LogP contribution in [-0.4, -0.2) is 29.5 Å². The number of nitrogens with zero attached hydrogens (tertiary/aromatic N) is 5. The van der Waals surface area contributed by atoms with E-state index in [9.17, 15) is 8.78 Å². The molecule has 0 fully saturated rings. The van der Waals surface area contributed by atoms with Gasteiger partial charge in [0, 0.05) is 30.2 Å². The first kappa shape index (κ1) is 15.6. The number of hydrogen-bond acceptors (Lipinski definition) is 4. The summed E-state index contributed by atoms with van der Waals surface area (Å²) in [4.78, 5) is 20.3. The van der Waals surface area contributed by atoms with E-state index < -0.39 is 6.43 Å². The largest absolute Gasteiger partial charge is 0.346 e. The maximum atomic E-state index is 13.0. The molecule has 0 saturated carbocycles. The Morgan fingerprint density at radius 1 is 1.00 bits per heavy atom. The predicted molar refractivity (Wildman–Crippen MR) is 96.7 cm³/mol. The van der Waals surface area contributed by atoms with E-state index in [0.717, 1.165) is 16.3 Å². The SMILES string of the molecule is FC(F)c1cccc(-c2nc(-n3ccc4cnccc43)c3cc[nH]c3n2)n1.